The first-order chi connectivity index (χ1) is 8.15. The Labute approximate surface area is 103 Å². The average Bonchev–Trinajstić information content (AvgIpc) is 2.36. The van der Waals surface area contributed by atoms with Crippen LogP contribution >= 0.6 is 11.6 Å². The fraction of sp³-hybridized carbons (Fsp3) is 0.0769. The van der Waals surface area contributed by atoms with Crippen LogP contribution < -0.4 is 0 Å². The summed E-state index contributed by atoms with van der Waals surface area (Å²) in [6.45, 7) is 0. The molecule has 0 saturated heterocycles. The number of hydrogen-bond acceptors (Lipinski definition) is 3. The third-order valence-corrected chi connectivity index (χ3v) is 2.77. The van der Waals surface area contributed by atoms with Crippen molar-refractivity contribution in [3.8, 4) is 0 Å². The highest BCUT2D eigenvalue weighted by Crippen LogP contribution is 2.24. The van der Waals surface area contributed by atoms with Crippen molar-refractivity contribution in [3.05, 3.63) is 47.5 Å². The van der Waals surface area contributed by atoms with E-state index in [-0.39, 0.29) is 5.17 Å². The van der Waals surface area contributed by atoms with Gasteiger partial charge in [0.25, 0.3) is 0 Å². The maximum atomic E-state index is 11.6. The summed E-state index contributed by atoms with van der Waals surface area (Å²) >= 11 is 5.72. The molecule has 0 fully saturated rings. The zero-order valence-electron chi connectivity index (χ0n) is 9.16. The summed E-state index contributed by atoms with van der Waals surface area (Å²) in [5, 5.41) is 8.96. The standard InChI is InChI=1S/C13H10ClNO2/c1-17-13(16)11-7-6-10(12(14)15)8-4-2-3-5-9(8)11/h2-7,15H,1H3. The Morgan fingerprint density at radius 2 is 1.65 bits per heavy atom. The van der Waals surface area contributed by atoms with Crippen molar-refractivity contribution in [2.24, 2.45) is 0 Å². The zero-order chi connectivity index (χ0) is 12.4. The molecule has 2 aromatic carbocycles. The first-order valence-electron chi connectivity index (χ1n) is 4.99. The van der Waals surface area contributed by atoms with Crippen molar-refractivity contribution in [2.75, 3.05) is 7.11 Å². The van der Waals surface area contributed by atoms with Crippen LogP contribution in [0.4, 0.5) is 0 Å². The van der Waals surface area contributed by atoms with E-state index in [4.69, 9.17) is 21.7 Å². The molecule has 0 spiro atoms. The number of carbonyl (C=O) groups excluding carboxylic acids is 1. The van der Waals surface area contributed by atoms with Crippen molar-refractivity contribution in [1.82, 2.24) is 0 Å². The molecule has 0 aromatic heterocycles. The molecule has 17 heavy (non-hydrogen) atoms. The SMILES string of the molecule is COC(=O)c1ccc(C(=N)Cl)c2ccccc12. The fourth-order valence-electron chi connectivity index (χ4n) is 1.78. The Kier molecular flexibility index (Phi) is 3.11. The van der Waals surface area contributed by atoms with E-state index in [1.165, 1.54) is 7.11 Å². The third-order valence-electron chi connectivity index (χ3n) is 2.57. The van der Waals surface area contributed by atoms with Crippen molar-refractivity contribution >= 4 is 33.5 Å². The van der Waals surface area contributed by atoms with Crippen molar-refractivity contribution in [3.63, 3.8) is 0 Å². The highest BCUT2D eigenvalue weighted by Gasteiger charge is 2.13. The second-order valence-electron chi connectivity index (χ2n) is 3.51. The molecular weight excluding hydrogens is 238 g/mol. The first-order valence-corrected chi connectivity index (χ1v) is 5.37. The largest absolute Gasteiger partial charge is 0.465 e. The lowest BCUT2D eigenvalue weighted by atomic mass is 10.00. The Morgan fingerprint density at radius 1 is 1.12 bits per heavy atom. The minimum atomic E-state index is -0.395. The summed E-state index contributed by atoms with van der Waals surface area (Å²) in [4.78, 5) is 11.6. The van der Waals surface area contributed by atoms with Crippen LogP contribution in [-0.4, -0.2) is 18.2 Å². The molecule has 0 heterocycles. The van der Waals surface area contributed by atoms with E-state index < -0.39 is 5.97 Å². The smallest absolute Gasteiger partial charge is 0.338 e. The maximum absolute atomic E-state index is 11.6. The quantitative estimate of drug-likeness (QED) is 0.655. The molecule has 3 nitrogen and oxygen atoms in total. The Hall–Kier alpha value is -1.87. The molecule has 0 amide bonds. The number of nitrogens with one attached hydrogen (secondary N) is 1. The minimum Gasteiger partial charge on any atom is -0.465 e. The van der Waals surface area contributed by atoms with Crippen molar-refractivity contribution in [2.45, 2.75) is 0 Å². The Bertz CT molecular complexity index is 607. The second kappa shape index (κ2) is 4.55. The van der Waals surface area contributed by atoms with Gasteiger partial charge in [-0.15, -0.1) is 0 Å². The van der Waals surface area contributed by atoms with Crippen LogP contribution in [0, 0.1) is 5.41 Å². The van der Waals surface area contributed by atoms with E-state index in [2.05, 4.69) is 0 Å². The number of esters is 1. The third kappa shape index (κ3) is 2.01. The number of hydrogen-bond donors (Lipinski definition) is 1. The van der Waals surface area contributed by atoms with Gasteiger partial charge >= 0.3 is 5.97 Å². The number of fused-ring (bicyclic) bond motifs is 1. The molecule has 0 aliphatic carbocycles. The van der Waals surface area contributed by atoms with E-state index in [1.807, 2.05) is 24.3 Å². The first kappa shape index (κ1) is 11.6. The van der Waals surface area contributed by atoms with Gasteiger partial charge < -0.3 is 4.74 Å². The van der Waals surface area contributed by atoms with Gasteiger partial charge in [0, 0.05) is 5.56 Å². The predicted octanol–water partition coefficient (Wildman–Crippen LogP) is 3.19. The highest BCUT2D eigenvalue weighted by atomic mass is 35.5. The minimum absolute atomic E-state index is 0.0439. The molecule has 2 rings (SSSR count). The van der Waals surface area contributed by atoms with Crippen LogP contribution in [-0.2, 0) is 4.74 Å². The van der Waals surface area contributed by atoms with E-state index in [9.17, 15) is 4.79 Å². The molecule has 0 radical (unpaired) electrons. The van der Waals surface area contributed by atoms with Gasteiger partial charge in [-0.3, -0.25) is 5.41 Å². The van der Waals surface area contributed by atoms with Gasteiger partial charge in [-0.2, -0.15) is 0 Å². The number of methoxy groups -OCH3 is 1. The molecular formula is C13H10ClNO2. The van der Waals surface area contributed by atoms with E-state index >= 15 is 0 Å². The Morgan fingerprint density at radius 3 is 2.18 bits per heavy atom. The number of halogens is 1. The predicted molar refractivity (Wildman–Crippen MR) is 68.0 cm³/mol. The van der Waals surface area contributed by atoms with Gasteiger partial charge in [0.2, 0.25) is 0 Å². The van der Waals surface area contributed by atoms with Gasteiger partial charge in [-0.25, -0.2) is 4.79 Å². The summed E-state index contributed by atoms with van der Waals surface area (Å²) in [5.74, 6) is -0.395. The fourth-order valence-corrected chi connectivity index (χ4v) is 1.94. The molecule has 4 heteroatoms. The van der Waals surface area contributed by atoms with E-state index in [0.29, 0.717) is 11.1 Å². The van der Waals surface area contributed by atoms with Crippen molar-refractivity contribution in [1.29, 1.82) is 5.41 Å². The Balaban J connectivity index is 2.79. The van der Waals surface area contributed by atoms with Crippen LogP contribution in [0.3, 0.4) is 0 Å². The number of carbonyl (C=O) groups is 1. The molecule has 0 aliphatic rings. The van der Waals surface area contributed by atoms with Crippen molar-refractivity contribution < 1.29 is 9.53 Å². The summed E-state index contributed by atoms with van der Waals surface area (Å²) in [6.07, 6.45) is 0. The molecule has 0 aliphatic heterocycles. The summed E-state index contributed by atoms with van der Waals surface area (Å²) < 4.78 is 4.72. The number of rotatable bonds is 2. The highest BCUT2D eigenvalue weighted by molar-refractivity contribution is 6.69. The van der Waals surface area contributed by atoms with E-state index in [1.54, 1.807) is 12.1 Å². The van der Waals surface area contributed by atoms with Gasteiger partial charge in [0.05, 0.1) is 12.7 Å². The van der Waals surface area contributed by atoms with E-state index in [0.717, 1.165) is 10.8 Å². The normalized spacial score (nSPS) is 10.2. The van der Waals surface area contributed by atoms with Crippen LogP contribution in [0.5, 0.6) is 0 Å². The van der Waals surface area contributed by atoms with Gasteiger partial charge in [-0.05, 0) is 16.8 Å². The molecule has 2 aromatic rings. The lowest BCUT2D eigenvalue weighted by Gasteiger charge is -2.08. The lowest BCUT2D eigenvalue weighted by molar-refractivity contribution is 0.0603. The lowest BCUT2D eigenvalue weighted by Crippen LogP contribution is -2.03. The van der Waals surface area contributed by atoms with Gasteiger partial charge in [-0.1, -0.05) is 41.9 Å². The summed E-state index contributed by atoms with van der Waals surface area (Å²) in [7, 11) is 1.34. The topological polar surface area (TPSA) is 50.2 Å². The molecule has 0 unspecified atom stereocenters. The zero-order valence-corrected chi connectivity index (χ0v) is 9.91. The molecule has 0 atom stereocenters. The monoisotopic (exact) mass is 247 g/mol. The molecule has 1 N–H and O–H groups in total. The number of benzene rings is 2. The summed E-state index contributed by atoms with van der Waals surface area (Å²) in [6, 6.07) is 10.6. The van der Waals surface area contributed by atoms with Crippen LogP contribution in [0.25, 0.3) is 10.8 Å². The molecule has 0 saturated carbocycles. The van der Waals surface area contributed by atoms with Crippen LogP contribution in [0.15, 0.2) is 36.4 Å². The number of ether oxygens (including phenoxy) is 1. The maximum Gasteiger partial charge on any atom is 0.338 e. The molecule has 0 bridgehead atoms. The average molecular weight is 248 g/mol. The molecule has 86 valence electrons. The van der Waals surface area contributed by atoms with Crippen LogP contribution in [0.1, 0.15) is 15.9 Å². The van der Waals surface area contributed by atoms with Gasteiger partial charge in [0.1, 0.15) is 5.17 Å². The summed E-state index contributed by atoms with van der Waals surface area (Å²) in [5.41, 5.74) is 1.08. The van der Waals surface area contributed by atoms with Gasteiger partial charge in [0.15, 0.2) is 0 Å². The van der Waals surface area contributed by atoms with Crippen LogP contribution in [0.2, 0.25) is 0 Å². The second-order valence-corrected chi connectivity index (χ2v) is 3.89.